The summed E-state index contributed by atoms with van der Waals surface area (Å²) in [4.78, 5) is 16.5. The van der Waals surface area contributed by atoms with E-state index in [9.17, 15) is 18.0 Å². The molecule has 152 valence electrons. The van der Waals surface area contributed by atoms with Gasteiger partial charge in [-0.05, 0) is 30.7 Å². The minimum atomic E-state index is -4.69. The molecule has 4 rings (SSSR count). The topological polar surface area (TPSA) is 77.8 Å². The van der Waals surface area contributed by atoms with Gasteiger partial charge in [0.25, 0.3) is 5.91 Å². The molecule has 2 aromatic heterocycles. The number of nitrogens with one attached hydrogen (secondary N) is 1. The van der Waals surface area contributed by atoms with E-state index in [1.165, 1.54) is 6.07 Å². The number of alkyl halides is 3. The maximum Gasteiger partial charge on any atom is 0.433 e. The summed E-state index contributed by atoms with van der Waals surface area (Å²) in [6.07, 6.45) is -3.04. The molecule has 0 radical (unpaired) electrons. The highest BCUT2D eigenvalue weighted by molar-refractivity contribution is 5.93. The van der Waals surface area contributed by atoms with Crippen LogP contribution in [0.5, 0.6) is 11.5 Å². The number of unbranched alkanes of at least 4 members (excludes halogenated alkanes) is 1. The average Bonchev–Trinajstić information content (AvgIpc) is 3.32. The van der Waals surface area contributed by atoms with E-state index in [1.807, 2.05) is 6.92 Å². The molecule has 0 aliphatic carbocycles. The molecule has 1 amide bonds. The number of halogens is 3. The maximum absolute atomic E-state index is 13.7. The summed E-state index contributed by atoms with van der Waals surface area (Å²) >= 11 is 0. The fourth-order valence-corrected chi connectivity index (χ4v) is 2.96. The third-order valence-electron chi connectivity index (χ3n) is 4.43. The number of benzene rings is 1. The van der Waals surface area contributed by atoms with Gasteiger partial charge in [-0.3, -0.25) is 4.79 Å². The van der Waals surface area contributed by atoms with Crippen molar-refractivity contribution in [3.8, 4) is 22.8 Å². The lowest BCUT2D eigenvalue weighted by Crippen LogP contribution is -2.25. The van der Waals surface area contributed by atoms with Crippen molar-refractivity contribution in [1.82, 2.24) is 19.9 Å². The number of carbonyl (C=O) groups is 1. The lowest BCUT2D eigenvalue weighted by atomic mass is 10.1. The van der Waals surface area contributed by atoms with Gasteiger partial charge in [-0.15, -0.1) is 0 Å². The van der Waals surface area contributed by atoms with E-state index < -0.39 is 17.8 Å². The summed E-state index contributed by atoms with van der Waals surface area (Å²) in [5, 5.41) is 6.47. The Kier molecular flexibility index (Phi) is 4.77. The van der Waals surface area contributed by atoms with Gasteiger partial charge < -0.3 is 14.8 Å². The Labute approximate surface area is 163 Å². The van der Waals surface area contributed by atoms with E-state index in [4.69, 9.17) is 9.47 Å². The predicted molar refractivity (Wildman–Crippen MR) is 96.8 cm³/mol. The van der Waals surface area contributed by atoms with E-state index >= 15 is 0 Å². The minimum Gasteiger partial charge on any atom is -0.454 e. The van der Waals surface area contributed by atoms with E-state index in [0.717, 1.165) is 18.9 Å². The van der Waals surface area contributed by atoms with Gasteiger partial charge in [-0.2, -0.15) is 18.3 Å². The van der Waals surface area contributed by atoms with Gasteiger partial charge >= 0.3 is 6.18 Å². The molecule has 1 aliphatic rings. The van der Waals surface area contributed by atoms with Gasteiger partial charge in [-0.1, -0.05) is 13.3 Å². The number of ether oxygens (including phenoxy) is 2. The molecule has 29 heavy (non-hydrogen) atoms. The summed E-state index contributed by atoms with van der Waals surface area (Å²) in [7, 11) is 0. The third-order valence-corrected chi connectivity index (χ3v) is 4.43. The van der Waals surface area contributed by atoms with Gasteiger partial charge in [0.15, 0.2) is 28.5 Å². The fraction of sp³-hybridized carbons (Fsp3) is 0.316. The molecule has 0 atom stereocenters. The number of hydrogen-bond donors (Lipinski definition) is 1. The number of aromatic nitrogens is 3. The molecule has 1 aliphatic heterocycles. The predicted octanol–water partition coefficient (Wildman–Crippen LogP) is 3.67. The third kappa shape index (κ3) is 3.69. The zero-order valence-corrected chi connectivity index (χ0v) is 15.4. The normalized spacial score (nSPS) is 13.1. The second kappa shape index (κ2) is 7.26. The van der Waals surface area contributed by atoms with Crippen molar-refractivity contribution in [2.24, 2.45) is 0 Å². The molecule has 3 heterocycles. The standard InChI is InChI=1S/C19H17F3N4O3/c1-2-3-6-23-18(27)13-9-17-24-12(8-16(19(20,21)22)26(17)25-13)11-4-5-14-15(7-11)29-10-28-14/h4-5,7-9H,2-3,6,10H2,1H3,(H,23,27). The van der Waals surface area contributed by atoms with E-state index in [2.05, 4.69) is 15.4 Å². The highest BCUT2D eigenvalue weighted by Crippen LogP contribution is 2.37. The van der Waals surface area contributed by atoms with E-state index in [1.54, 1.807) is 18.2 Å². The van der Waals surface area contributed by atoms with E-state index in [-0.39, 0.29) is 23.8 Å². The molecular weight excluding hydrogens is 389 g/mol. The van der Waals surface area contributed by atoms with Gasteiger partial charge in [0, 0.05) is 18.2 Å². The van der Waals surface area contributed by atoms with Crippen LogP contribution in [0.1, 0.15) is 35.9 Å². The quantitative estimate of drug-likeness (QED) is 0.654. The molecule has 0 saturated carbocycles. The molecule has 1 N–H and O–H groups in total. The zero-order valence-electron chi connectivity index (χ0n) is 15.4. The fourth-order valence-electron chi connectivity index (χ4n) is 2.96. The lowest BCUT2D eigenvalue weighted by molar-refractivity contribution is -0.142. The SMILES string of the molecule is CCCCNC(=O)c1cc2nc(-c3ccc4c(c3)OCO4)cc(C(F)(F)F)n2n1. The molecule has 0 spiro atoms. The molecule has 0 saturated heterocycles. The van der Waals surface area contributed by atoms with Crippen LogP contribution in [0, 0.1) is 0 Å². The Bertz CT molecular complexity index is 1080. The first-order chi connectivity index (χ1) is 13.9. The lowest BCUT2D eigenvalue weighted by Gasteiger charge is -2.11. The number of rotatable bonds is 5. The van der Waals surface area contributed by atoms with Crippen LogP contribution in [0.4, 0.5) is 13.2 Å². The van der Waals surface area contributed by atoms with Crippen LogP contribution in [0.25, 0.3) is 16.9 Å². The molecule has 0 fully saturated rings. The Balaban J connectivity index is 1.78. The summed E-state index contributed by atoms with van der Waals surface area (Å²) in [5.41, 5.74) is -0.712. The monoisotopic (exact) mass is 406 g/mol. The summed E-state index contributed by atoms with van der Waals surface area (Å²) in [6.45, 7) is 2.44. The van der Waals surface area contributed by atoms with Crippen molar-refractivity contribution in [3.63, 3.8) is 0 Å². The van der Waals surface area contributed by atoms with Crippen LogP contribution in [0.3, 0.4) is 0 Å². The van der Waals surface area contributed by atoms with Crippen LogP contribution in [-0.2, 0) is 6.18 Å². The second-order valence-corrected chi connectivity index (χ2v) is 6.50. The van der Waals surface area contributed by atoms with Crippen LogP contribution in [-0.4, -0.2) is 33.8 Å². The van der Waals surface area contributed by atoms with Crippen LogP contribution in [0.15, 0.2) is 30.3 Å². The van der Waals surface area contributed by atoms with Gasteiger partial charge in [0.1, 0.15) is 0 Å². The maximum atomic E-state index is 13.7. The highest BCUT2D eigenvalue weighted by atomic mass is 19.4. The van der Waals surface area contributed by atoms with Crippen molar-refractivity contribution in [3.05, 3.63) is 41.7 Å². The molecule has 10 heteroatoms. The summed E-state index contributed by atoms with van der Waals surface area (Å²) in [6, 6.07) is 6.92. The number of hydrogen-bond acceptors (Lipinski definition) is 5. The molecular formula is C19H17F3N4O3. The van der Waals surface area contributed by atoms with Gasteiger partial charge in [0.05, 0.1) is 5.69 Å². The van der Waals surface area contributed by atoms with E-state index in [0.29, 0.717) is 28.1 Å². The van der Waals surface area contributed by atoms with Crippen LogP contribution < -0.4 is 14.8 Å². The van der Waals surface area contributed by atoms with Crippen molar-refractivity contribution in [2.45, 2.75) is 25.9 Å². The van der Waals surface area contributed by atoms with Crippen LogP contribution >= 0.6 is 0 Å². The number of fused-ring (bicyclic) bond motifs is 2. The smallest absolute Gasteiger partial charge is 0.433 e. The molecule has 7 nitrogen and oxygen atoms in total. The molecule has 0 bridgehead atoms. The number of carbonyl (C=O) groups excluding carboxylic acids is 1. The molecule has 3 aromatic rings. The number of nitrogens with zero attached hydrogens (tertiary/aromatic N) is 3. The van der Waals surface area contributed by atoms with Crippen molar-refractivity contribution in [1.29, 1.82) is 0 Å². The Hall–Kier alpha value is -3.30. The molecule has 0 unspecified atom stereocenters. The minimum absolute atomic E-state index is 0.0537. The first-order valence-electron chi connectivity index (χ1n) is 9.03. The first kappa shape index (κ1) is 19.0. The highest BCUT2D eigenvalue weighted by Gasteiger charge is 2.35. The summed E-state index contributed by atoms with van der Waals surface area (Å²) in [5.74, 6) is 0.408. The van der Waals surface area contributed by atoms with Crippen molar-refractivity contribution in [2.75, 3.05) is 13.3 Å². The summed E-state index contributed by atoms with van der Waals surface area (Å²) < 4.78 is 52.1. The largest absolute Gasteiger partial charge is 0.454 e. The van der Waals surface area contributed by atoms with Crippen LogP contribution in [0.2, 0.25) is 0 Å². The average molecular weight is 406 g/mol. The first-order valence-corrected chi connectivity index (χ1v) is 9.03. The Morgan fingerprint density at radius 2 is 2.00 bits per heavy atom. The zero-order chi connectivity index (χ0) is 20.6. The van der Waals surface area contributed by atoms with Crippen molar-refractivity contribution < 1.29 is 27.4 Å². The second-order valence-electron chi connectivity index (χ2n) is 6.50. The number of amides is 1. The Morgan fingerprint density at radius 1 is 1.21 bits per heavy atom. The molecule has 1 aromatic carbocycles. The van der Waals surface area contributed by atoms with Crippen molar-refractivity contribution >= 4 is 11.6 Å². The van der Waals surface area contributed by atoms with Gasteiger partial charge in [-0.25, -0.2) is 9.50 Å². The van der Waals surface area contributed by atoms with Gasteiger partial charge in [0.2, 0.25) is 6.79 Å². The Morgan fingerprint density at radius 3 is 2.76 bits per heavy atom.